The van der Waals surface area contributed by atoms with Gasteiger partial charge in [-0.25, -0.2) is 0 Å². The fraction of sp³-hybridized carbons (Fsp3) is 0.133. The first-order valence-corrected chi connectivity index (χ1v) is 6.05. The Morgan fingerprint density at radius 1 is 1.11 bits per heavy atom. The third kappa shape index (κ3) is 1.96. The zero-order valence-electron chi connectivity index (χ0n) is 10.3. The number of hydrogen-bond donors (Lipinski definition) is 2. The van der Waals surface area contributed by atoms with Crippen molar-refractivity contribution in [3.05, 3.63) is 59.7 Å². The third-order valence-corrected chi connectivity index (χ3v) is 3.28. The minimum Gasteiger partial charge on any atom is -0.467 e. The second kappa shape index (κ2) is 4.10. The molecule has 0 bridgehead atoms. The molecule has 0 aliphatic carbocycles. The van der Waals surface area contributed by atoms with Gasteiger partial charge in [0.2, 0.25) is 0 Å². The van der Waals surface area contributed by atoms with Crippen molar-refractivity contribution >= 4 is 11.5 Å². The molecular weight excluding hydrogens is 240 g/mol. The first kappa shape index (κ1) is 11.7. The lowest BCUT2D eigenvalue weighted by molar-refractivity contribution is 0.0424. The van der Waals surface area contributed by atoms with E-state index in [0.29, 0.717) is 17.0 Å². The van der Waals surface area contributed by atoms with Crippen LogP contribution < -0.4 is 16.2 Å². The molecule has 0 aromatic heterocycles. The zero-order valence-corrected chi connectivity index (χ0v) is 10.3. The lowest BCUT2D eigenvalue weighted by atomic mass is 9.91. The fourth-order valence-corrected chi connectivity index (χ4v) is 2.30. The van der Waals surface area contributed by atoms with E-state index in [0.717, 1.165) is 5.56 Å². The van der Waals surface area contributed by atoms with Gasteiger partial charge >= 0.3 is 0 Å². The Labute approximate surface area is 111 Å². The normalized spacial score (nSPS) is 21.6. The van der Waals surface area contributed by atoms with E-state index in [4.69, 9.17) is 16.2 Å². The topological polar surface area (TPSA) is 78.3 Å². The molecule has 4 nitrogen and oxygen atoms in total. The molecule has 1 atom stereocenters. The lowest BCUT2D eigenvalue weighted by Crippen LogP contribution is -2.47. The van der Waals surface area contributed by atoms with Crippen LogP contribution >= 0.6 is 0 Å². The smallest absolute Gasteiger partial charge is 0.192 e. The highest BCUT2D eigenvalue weighted by atomic mass is 16.5. The first-order chi connectivity index (χ1) is 9.08. The first-order valence-electron chi connectivity index (χ1n) is 6.05. The van der Waals surface area contributed by atoms with Gasteiger partial charge in [0.1, 0.15) is 5.75 Å². The molecule has 4 heteroatoms. The van der Waals surface area contributed by atoms with Gasteiger partial charge in [0.05, 0.1) is 12.0 Å². The summed E-state index contributed by atoms with van der Waals surface area (Å²) < 4.78 is 5.83. The summed E-state index contributed by atoms with van der Waals surface area (Å²) in [7, 11) is 0. The molecular formula is C15H14N2O2. The molecule has 1 aliphatic rings. The van der Waals surface area contributed by atoms with Gasteiger partial charge in [-0.1, -0.05) is 30.3 Å². The number of hydrogen-bond acceptors (Lipinski definition) is 4. The molecule has 1 heterocycles. The molecule has 0 saturated carbocycles. The van der Waals surface area contributed by atoms with E-state index in [1.54, 1.807) is 18.2 Å². The number of ketones is 1. The minimum atomic E-state index is -1.13. The molecule has 2 aromatic rings. The van der Waals surface area contributed by atoms with E-state index in [1.165, 1.54) is 0 Å². The highest BCUT2D eigenvalue weighted by molar-refractivity contribution is 6.00. The summed E-state index contributed by atoms with van der Waals surface area (Å²) in [5.41, 5.74) is 12.7. The van der Waals surface area contributed by atoms with Crippen LogP contribution in [0.5, 0.6) is 5.75 Å². The van der Waals surface area contributed by atoms with E-state index in [9.17, 15) is 4.79 Å². The van der Waals surface area contributed by atoms with Crippen LogP contribution in [0.25, 0.3) is 0 Å². The van der Waals surface area contributed by atoms with Gasteiger partial charge in [0.25, 0.3) is 0 Å². The number of carbonyl (C=O) groups is 1. The summed E-state index contributed by atoms with van der Waals surface area (Å²) >= 11 is 0. The maximum atomic E-state index is 12.2. The van der Waals surface area contributed by atoms with Crippen molar-refractivity contribution in [2.24, 2.45) is 5.73 Å². The van der Waals surface area contributed by atoms with Crippen LogP contribution in [0.4, 0.5) is 5.69 Å². The summed E-state index contributed by atoms with van der Waals surface area (Å²) in [5, 5.41) is 0. The summed E-state index contributed by atoms with van der Waals surface area (Å²) in [4.78, 5) is 12.2. The van der Waals surface area contributed by atoms with E-state index in [1.807, 2.05) is 30.3 Å². The molecule has 0 fully saturated rings. The predicted molar refractivity (Wildman–Crippen MR) is 72.7 cm³/mol. The van der Waals surface area contributed by atoms with Crippen molar-refractivity contribution in [3.63, 3.8) is 0 Å². The number of rotatable bonds is 1. The van der Waals surface area contributed by atoms with Gasteiger partial charge in [-0.05, 0) is 12.1 Å². The number of Topliss-reactive ketones (excluding diaryl/α,β-unsaturated/α-hetero) is 1. The number of carbonyl (C=O) groups excluding carboxylic acids is 1. The Morgan fingerprint density at radius 2 is 1.84 bits per heavy atom. The van der Waals surface area contributed by atoms with Gasteiger partial charge in [0.15, 0.2) is 11.5 Å². The van der Waals surface area contributed by atoms with E-state index in [-0.39, 0.29) is 12.2 Å². The predicted octanol–water partition coefficient (Wildman–Crippen LogP) is 2.05. The van der Waals surface area contributed by atoms with E-state index < -0.39 is 5.72 Å². The van der Waals surface area contributed by atoms with Gasteiger partial charge < -0.3 is 10.5 Å². The lowest BCUT2D eigenvalue weighted by Gasteiger charge is -2.34. The number of nitrogen functional groups attached to an aromatic ring is 1. The number of benzene rings is 2. The Morgan fingerprint density at radius 3 is 2.58 bits per heavy atom. The van der Waals surface area contributed by atoms with E-state index in [2.05, 4.69) is 0 Å². The summed E-state index contributed by atoms with van der Waals surface area (Å²) in [6.45, 7) is 0. The Balaban J connectivity index is 2.07. The molecule has 0 amide bonds. The molecule has 3 rings (SSSR count). The fourth-order valence-electron chi connectivity index (χ4n) is 2.30. The minimum absolute atomic E-state index is 0.0346. The molecule has 4 N–H and O–H groups in total. The van der Waals surface area contributed by atoms with Crippen LogP contribution in [0, 0.1) is 0 Å². The molecule has 0 radical (unpaired) electrons. The van der Waals surface area contributed by atoms with Crippen molar-refractivity contribution < 1.29 is 9.53 Å². The van der Waals surface area contributed by atoms with Gasteiger partial charge in [-0.2, -0.15) is 0 Å². The van der Waals surface area contributed by atoms with Gasteiger partial charge in [-0.15, -0.1) is 0 Å². The summed E-state index contributed by atoms with van der Waals surface area (Å²) in [5.74, 6) is 0.412. The highest BCUT2D eigenvalue weighted by Gasteiger charge is 2.38. The molecule has 1 aliphatic heterocycles. The Kier molecular flexibility index (Phi) is 2.54. The number of ether oxygens (including phenoxy) is 1. The average Bonchev–Trinajstić information content (AvgIpc) is 2.39. The van der Waals surface area contributed by atoms with Crippen molar-refractivity contribution in [1.29, 1.82) is 0 Å². The van der Waals surface area contributed by atoms with Gasteiger partial charge in [0, 0.05) is 17.3 Å². The Bertz CT molecular complexity index is 640. The van der Waals surface area contributed by atoms with Crippen LogP contribution in [0.3, 0.4) is 0 Å². The largest absolute Gasteiger partial charge is 0.467 e. The van der Waals surface area contributed by atoms with Crippen molar-refractivity contribution in [2.75, 3.05) is 5.73 Å². The maximum Gasteiger partial charge on any atom is 0.192 e. The molecule has 19 heavy (non-hydrogen) atoms. The van der Waals surface area contributed by atoms with Crippen molar-refractivity contribution in [3.8, 4) is 5.75 Å². The van der Waals surface area contributed by atoms with Crippen LogP contribution in [-0.2, 0) is 5.72 Å². The van der Waals surface area contributed by atoms with Crippen LogP contribution in [0.2, 0.25) is 0 Å². The third-order valence-electron chi connectivity index (χ3n) is 3.28. The summed E-state index contributed by atoms with van der Waals surface area (Å²) in [6, 6.07) is 14.3. The second-order valence-electron chi connectivity index (χ2n) is 4.71. The van der Waals surface area contributed by atoms with Crippen LogP contribution in [0.15, 0.2) is 48.5 Å². The van der Waals surface area contributed by atoms with Crippen molar-refractivity contribution in [2.45, 2.75) is 12.1 Å². The maximum absolute atomic E-state index is 12.2. The molecule has 96 valence electrons. The highest BCUT2D eigenvalue weighted by Crippen LogP contribution is 2.37. The SMILES string of the molecule is Nc1ccc2c(c1)OC(N)(c1ccccc1)CC2=O. The summed E-state index contributed by atoms with van der Waals surface area (Å²) in [6.07, 6.45) is 0.119. The van der Waals surface area contributed by atoms with Crippen LogP contribution in [0.1, 0.15) is 22.3 Å². The van der Waals surface area contributed by atoms with Gasteiger partial charge in [-0.3, -0.25) is 10.5 Å². The van der Waals surface area contributed by atoms with Crippen LogP contribution in [-0.4, -0.2) is 5.78 Å². The number of anilines is 1. The van der Waals surface area contributed by atoms with Crippen molar-refractivity contribution in [1.82, 2.24) is 0 Å². The zero-order chi connectivity index (χ0) is 13.5. The number of fused-ring (bicyclic) bond motifs is 1. The average molecular weight is 254 g/mol. The van der Waals surface area contributed by atoms with E-state index >= 15 is 0 Å². The molecule has 0 saturated heterocycles. The monoisotopic (exact) mass is 254 g/mol. The second-order valence-corrected chi connectivity index (χ2v) is 4.71. The quantitative estimate of drug-likeness (QED) is 0.763. The molecule has 0 spiro atoms. The number of nitrogens with two attached hydrogens (primary N) is 2. The Hall–Kier alpha value is -2.33. The standard InChI is InChI=1S/C15H14N2O2/c16-11-6-7-12-13(18)9-15(17,19-14(12)8-11)10-4-2-1-3-5-10/h1-8H,9,16-17H2. The molecule has 2 aromatic carbocycles. The molecule has 1 unspecified atom stereocenters.